The predicted octanol–water partition coefficient (Wildman–Crippen LogP) is 3.09. The first-order chi connectivity index (χ1) is 13.0. The van der Waals surface area contributed by atoms with E-state index in [0.717, 1.165) is 24.0 Å². The lowest BCUT2D eigenvalue weighted by Gasteiger charge is -2.07. The number of ketones is 1. The standard InChI is InChI=1S/C21H20N4O2/c1-12-7-8-14(21(27)23-15-9-10-15)11-16(12)20-24-17(19(22)25-20)18(26)13-5-3-2-4-6-13/h2-8,11,15H,9-10,22H2,1H3,(H,23,27)(H,24,25). The normalized spacial score (nSPS) is 13.4. The van der Waals surface area contributed by atoms with E-state index in [2.05, 4.69) is 15.3 Å². The number of carbonyl (C=O) groups excluding carboxylic acids is 2. The van der Waals surface area contributed by atoms with Crippen LogP contribution in [0.3, 0.4) is 0 Å². The van der Waals surface area contributed by atoms with Crippen molar-refractivity contribution in [3.05, 3.63) is 70.9 Å². The Labute approximate surface area is 156 Å². The summed E-state index contributed by atoms with van der Waals surface area (Å²) in [6, 6.07) is 14.6. The molecule has 1 amide bonds. The zero-order valence-corrected chi connectivity index (χ0v) is 15.0. The fourth-order valence-corrected chi connectivity index (χ4v) is 2.94. The third kappa shape index (κ3) is 3.46. The average Bonchev–Trinajstić information content (AvgIpc) is 3.41. The summed E-state index contributed by atoms with van der Waals surface area (Å²) in [5.74, 6) is 0.308. The van der Waals surface area contributed by atoms with Crippen LogP contribution in [-0.2, 0) is 0 Å². The quantitative estimate of drug-likeness (QED) is 0.609. The molecule has 0 atom stereocenters. The highest BCUT2D eigenvalue weighted by Crippen LogP contribution is 2.26. The Balaban J connectivity index is 1.67. The van der Waals surface area contributed by atoms with Gasteiger partial charge < -0.3 is 16.0 Å². The number of nitrogen functional groups attached to an aromatic ring is 1. The van der Waals surface area contributed by atoms with Gasteiger partial charge in [0, 0.05) is 22.7 Å². The molecule has 0 saturated heterocycles. The van der Waals surface area contributed by atoms with Gasteiger partial charge in [0.15, 0.2) is 5.82 Å². The summed E-state index contributed by atoms with van der Waals surface area (Å²) in [4.78, 5) is 32.4. The van der Waals surface area contributed by atoms with Gasteiger partial charge in [-0.1, -0.05) is 36.4 Å². The first-order valence-electron chi connectivity index (χ1n) is 8.90. The topological polar surface area (TPSA) is 101 Å². The van der Waals surface area contributed by atoms with Gasteiger partial charge in [-0.25, -0.2) is 4.98 Å². The first kappa shape index (κ1) is 17.0. The number of H-pyrrole nitrogens is 1. The van der Waals surface area contributed by atoms with Crippen LogP contribution in [0.5, 0.6) is 0 Å². The van der Waals surface area contributed by atoms with Crippen LogP contribution in [0.25, 0.3) is 11.4 Å². The summed E-state index contributed by atoms with van der Waals surface area (Å²) in [5.41, 5.74) is 9.03. The fourth-order valence-electron chi connectivity index (χ4n) is 2.94. The van der Waals surface area contributed by atoms with Gasteiger partial charge in [-0.2, -0.15) is 0 Å². The number of aromatic amines is 1. The number of carbonyl (C=O) groups is 2. The van der Waals surface area contributed by atoms with E-state index in [4.69, 9.17) is 5.73 Å². The maximum Gasteiger partial charge on any atom is 0.251 e. The van der Waals surface area contributed by atoms with Gasteiger partial charge in [0.1, 0.15) is 11.5 Å². The molecule has 0 radical (unpaired) electrons. The molecule has 0 aliphatic heterocycles. The minimum atomic E-state index is -0.216. The van der Waals surface area contributed by atoms with Crippen molar-refractivity contribution >= 4 is 17.5 Å². The third-order valence-electron chi connectivity index (χ3n) is 4.66. The molecule has 1 heterocycles. The van der Waals surface area contributed by atoms with Gasteiger partial charge in [0.25, 0.3) is 5.91 Å². The van der Waals surface area contributed by atoms with Crippen LogP contribution in [0.15, 0.2) is 48.5 Å². The maximum absolute atomic E-state index is 12.7. The smallest absolute Gasteiger partial charge is 0.251 e. The highest BCUT2D eigenvalue weighted by atomic mass is 16.1. The van der Waals surface area contributed by atoms with Crippen LogP contribution >= 0.6 is 0 Å². The Kier molecular flexibility index (Phi) is 4.24. The molecule has 0 unspecified atom stereocenters. The number of hydrogen-bond acceptors (Lipinski definition) is 4. The molecular weight excluding hydrogens is 340 g/mol. The molecule has 1 saturated carbocycles. The number of aryl methyl sites for hydroxylation is 1. The lowest BCUT2D eigenvalue weighted by molar-refractivity contribution is 0.0950. The Bertz CT molecular complexity index is 1020. The van der Waals surface area contributed by atoms with E-state index >= 15 is 0 Å². The molecule has 1 aromatic heterocycles. The van der Waals surface area contributed by atoms with Crippen LogP contribution in [0.2, 0.25) is 0 Å². The van der Waals surface area contributed by atoms with E-state index in [-0.39, 0.29) is 29.2 Å². The van der Waals surface area contributed by atoms with Crippen molar-refractivity contribution in [3.63, 3.8) is 0 Å². The maximum atomic E-state index is 12.7. The molecule has 6 nitrogen and oxygen atoms in total. The Morgan fingerprint density at radius 2 is 1.85 bits per heavy atom. The average molecular weight is 360 g/mol. The predicted molar refractivity (Wildman–Crippen MR) is 104 cm³/mol. The minimum absolute atomic E-state index is 0.0983. The van der Waals surface area contributed by atoms with Gasteiger partial charge in [-0.15, -0.1) is 0 Å². The van der Waals surface area contributed by atoms with Crippen LogP contribution in [0.1, 0.15) is 44.8 Å². The van der Waals surface area contributed by atoms with Gasteiger partial charge in [-0.05, 0) is 37.5 Å². The number of benzene rings is 2. The van der Waals surface area contributed by atoms with Gasteiger partial charge in [0.2, 0.25) is 5.78 Å². The number of imidazole rings is 1. The largest absolute Gasteiger partial charge is 0.382 e. The highest BCUT2D eigenvalue weighted by molar-refractivity contribution is 6.10. The molecule has 3 aromatic rings. The molecule has 1 aliphatic rings. The summed E-state index contributed by atoms with van der Waals surface area (Å²) in [5, 5.41) is 2.98. The number of nitrogens with zero attached hydrogens (tertiary/aromatic N) is 1. The lowest BCUT2D eigenvalue weighted by Crippen LogP contribution is -2.25. The lowest BCUT2D eigenvalue weighted by atomic mass is 10.0. The minimum Gasteiger partial charge on any atom is -0.382 e. The zero-order valence-electron chi connectivity index (χ0n) is 15.0. The van der Waals surface area contributed by atoms with Crippen LogP contribution in [-0.4, -0.2) is 27.7 Å². The summed E-state index contributed by atoms with van der Waals surface area (Å²) >= 11 is 0. The van der Waals surface area contributed by atoms with Crippen molar-refractivity contribution in [3.8, 4) is 11.4 Å². The van der Waals surface area contributed by atoms with E-state index in [1.165, 1.54) is 0 Å². The second-order valence-corrected chi connectivity index (χ2v) is 6.82. The van der Waals surface area contributed by atoms with E-state index in [9.17, 15) is 9.59 Å². The van der Waals surface area contributed by atoms with E-state index in [1.807, 2.05) is 19.1 Å². The fraction of sp³-hybridized carbons (Fsp3) is 0.190. The number of rotatable bonds is 5. The first-order valence-corrected chi connectivity index (χ1v) is 8.90. The zero-order chi connectivity index (χ0) is 19.0. The van der Waals surface area contributed by atoms with Crippen molar-refractivity contribution < 1.29 is 9.59 Å². The van der Waals surface area contributed by atoms with E-state index in [1.54, 1.807) is 36.4 Å². The monoisotopic (exact) mass is 360 g/mol. The van der Waals surface area contributed by atoms with Gasteiger partial charge in [-0.3, -0.25) is 9.59 Å². The summed E-state index contributed by atoms with van der Waals surface area (Å²) in [6.45, 7) is 1.93. The van der Waals surface area contributed by atoms with Crippen molar-refractivity contribution in [2.75, 3.05) is 5.73 Å². The van der Waals surface area contributed by atoms with Crippen LogP contribution < -0.4 is 11.1 Å². The number of hydrogen-bond donors (Lipinski definition) is 3. The van der Waals surface area contributed by atoms with E-state index < -0.39 is 0 Å². The van der Waals surface area contributed by atoms with Crippen molar-refractivity contribution in [1.29, 1.82) is 0 Å². The SMILES string of the molecule is Cc1ccc(C(=O)NC2CC2)cc1-c1nc(N)c(C(=O)c2ccccc2)[nH]1. The van der Waals surface area contributed by atoms with Gasteiger partial charge in [0.05, 0.1) is 0 Å². The molecule has 27 heavy (non-hydrogen) atoms. The summed E-state index contributed by atoms with van der Waals surface area (Å²) in [6.07, 6.45) is 2.06. The van der Waals surface area contributed by atoms with Crippen LogP contribution in [0.4, 0.5) is 5.82 Å². The highest BCUT2D eigenvalue weighted by Gasteiger charge is 2.24. The Morgan fingerprint density at radius 1 is 1.11 bits per heavy atom. The number of aromatic nitrogens is 2. The van der Waals surface area contributed by atoms with Crippen molar-refractivity contribution in [1.82, 2.24) is 15.3 Å². The molecule has 6 heteroatoms. The molecule has 136 valence electrons. The molecule has 0 bridgehead atoms. The van der Waals surface area contributed by atoms with Crippen LogP contribution in [0, 0.1) is 6.92 Å². The summed E-state index contributed by atoms with van der Waals surface area (Å²) in [7, 11) is 0. The number of anilines is 1. The molecule has 4 N–H and O–H groups in total. The Morgan fingerprint density at radius 3 is 2.56 bits per heavy atom. The van der Waals surface area contributed by atoms with Crippen molar-refractivity contribution in [2.24, 2.45) is 0 Å². The molecule has 2 aromatic carbocycles. The van der Waals surface area contributed by atoms with Gasteiger partial charge >= 0.3 is 0 Å². The number of nitrogens with two attached hydrogens (primary N) is 1. The summed E-state index contributed by atoms with van der Waals surface area (Å²) < 4.78 is 0. The van der Waals surface area contributed by atoms with Crippen molar-refractivity contribution in [2.45, 2.75) is 25.8 Å². The second-order valence-electron chi connectivity index (χ2n) is 6.82. The molecule has 1 aliphatic carbocycles. The molecule has 0 spiro atoms. The molecule has 1 fully saturated rings. The molecule has 4 rings (SSSR count). The molecular formula is C21H20N4O2. The Hall–Kier alpha value is -3.41. The van der Waals surface area contributed by atoms with E-state index in [0.29, 0.717) is 17.0 Å². The number of amides is 1. The number of nitrogens with one attached hydrogen (secondary N) is 2. The third-order valence-corrected chi connectivity index (χ3v) is 4.66. The second kappa shape index (κ2) is 6.72.